The lowest BCUT2D eigenvalue weighted by molar-refractivity contribution is -0.134. The Balaban J connectivity index is 1.93. The molecule has 2 rings (SSSR count). The molecule has 1 aliphatic heterocycles. The molecular formula is C14H18Cl2N2O2. The molecule has 1 aromatic rings. The third-order valence-electron chi connectivity index (χ3n) is 3.38. The van der Waals surface area contributed by atoms with Crippen LogP contribution < -0.4 is 10.1 Å². The van der Waals surface area contributed by atoms with Gasteiger partial charge in [-0.1, -0.05) is 23.2 Å². The Hall–Kier alpha value is -0.970. The van der Waals surface area contributed by atoms with Gasteiger partial charge in [0, 0.05) is 30.2 Å². The molecule has 0 aliphatic carbocycles. The first-order valence-electron chi connectivity index (χ1n) is 6.63. The third-order valence-corrected chi connectivity index (χ3v) is 3.93. The second kappa shape index (κ2) is 7.16. The maximum atomic E-state index is 12.2. The number of benzene rings is 1. The number of carbonyl (C=O) groups is 1. The molecule has 1 amide bonds. The first-order chi connectivity index (χ1) is 9.61. The molecule has 1 aliphatic rings. The Kier molecular flexibility index (Phi) is 5.52. The molecule has 1 unspecified atom stereocenters. The predicted octanol–water partition coefficient (Wildman–Crippen LogP) is 2.58. The van der Waals surface area contributed by atoms with E-state index in [1.165, 1.54) is 0 Å². The first-order valence-corrected chi connectivity index (χ1v) is 7.39. The molecule has 6 heteroatoms. The topological polar surface area (TPSA) is 41.6 Å². The van der Waals surface area contributed by atoms with Gasteiger partial charge < -0.3 is 15.0 Å². The summed E-state index contributed by atoms with van der Waals surface area (Å²) in [7, 11) is 1.89. The molecule has 0 saturated carbocycles. The zero-order valence-electron chi connectivity index (χ0n) is 11.4. The SMILES string of the molecule is CNCC1CCCN1C(=O)COc1cc(Cl)ccc1Cl. The van der Waals surface area contributed by atoms with E-state index in [1.54, 1.807) is 18.2 Å². The number of rotatable bonds is 5. The van der Waals surface area contributed by atoms with Gasteiger partial charge in [-0.2, -0.15) is 0 Å². The molecule has 0 spiro atoms. The zero-order valence-corrected chi connectivity index (χ0v) is 12.9. The number of halogens is 2. The van der Waals surface area contributed by atoms with Crippen LogP contribution in [0.15, 0.2) is 18.2 Å². The molecule has 1 fully saturated rings. The van der Waals surface area contributed by atoms with Gasteiger partial charge in [0.05, 0.1) is 5.02 Å². The summed E-state index contributed by atoms with van der Waals surface area (Å²) in [5, 5.41) is 4.10. The average Bonchev–Trinajstić information content (AvgIpc) is 2.88. The summed E-state index contributed by atoms with van der Waals surface area (Å²) < 4.78 is 5.49. The van der Waals surface area contributed by atoms with Crippen LogP contribution in [-0.2, 0) is 4.79 Å². The second-order valence-corrected chi connectivity index (χ2v) is 5.65. The average molecular weight is 317 g/mol. The van der Waals surface area contributed by atoms with E-state index < -0.39 is 0 Å². The van der Waals surface area contributed by atoms with Gasteiger partial charge in [-0.15, -0.1) is 0 Å². The number of carbonyl (C=O) groups excluding carboxylic acids is 1. The molecule has 4 nitrogen and oxygen atoms in total. The number of ether oxygens (including phenoxy) is 1. The Morgan fingerprint density at radius 1 is 1.50 bits per heavy atom. The molecule has 1 N–H and O–H groups in total. The van der Waals surface area contributed by atoms with Crippen molar-refractivity contribution in [1.82, 2.24) is 10.2 Å². The Labute approximate surface area is 129 Å². The zero-order chi connectivity index (χ0) is 14.5. The fourth-order valence-electron chi connectivity index (χ4n) is 2.42. The van der Waals surface area contributed by atoms with Crippen LogP contribution >= 0.6 is 23.2 Å². The van der Waals surface area contributed by atoms with Gasteiger partial charge in [-0.05, 0) is 32.0 Å². The number of nitrogens with zero attached hydrogens (tertiary/aromatic N) is 1. The lowest BCUT2D eigenvalue weighted by Crippen LogP contribution is -2.43. The lowest BCUT2D eigenvalue weighted by atomic mass is 10.2. The van der Waals surface area contributed by atoms with Crippen LogP contribution in [0.1, 0.15) is 12.8 Å². The van der Waals surface area contributed by atoms with Crippen molar-refractivity contribution in [2.45, 2.75) is 18.9 Å². The summed E-state index contributed by atoms with van der Waals surface area (Å²) in [6, 6.07) is 5.21. The molecule has 1 aromatic carbocycles. The van der Waals surface area contributed by atoms with Crippen molar-refractivity contribution in [2.24, 2.45) is 0 Å². The standard InChI is InChI=1S/C14H18Cl2N2O2/c1-17-8-11-3-2-6-18(11)14(19)9-20-13-7-10(15)4-5-12(13)16/h4-5,7,11,17H,2-3,6,8-9H2,1H3. The van der Waals surface area contributed by atoms with E-state index in [9.17, 15) is 4.79 Å². The van der Waals surface area contributed by atoms with E-state index in [4.69, 9.17) is 27.9 Å². The highest BCUT2D eigenvalue weighted by Gasteiger charge is 2.28. The molecule has 1 saturated heterocycles. The predicted molar refractivity (Wildman–Crippen MR) is 80.6 cm³/mol. The van der Waals surface area contributed by atoms with Gasteiger partial charge in [0.25, 0.3) is 5.91 Å². The fourth-order valence-corrected chi connectivity index (χ4v) is 2.76. The number of hydrogen-bond acceptors (Lipinski definition) is 3. The van der Waals surface area contributed by atoms with Crippen LogP contribution in [0.3, 0.4) is 0 Å². The van der Waals surface area contributed by atoms with Gasteiger partial charge in [0.2, 0.25) is 0 Å². The summed E-state index contributed by atoms with van der Waals surface area (Å²) in [6.45, 7) is 1.59. The monoisotopic (exact) mass is 316 g/mol. The van der Waals surface area contributed by atoms with Crippen molar-refractivity contribution >= 4 is 29.1 Å². The van der Waals surface area contributed by atoms with Crippen molar-refractivity contribution in [1.29, 1.82) is 0 Å². The molecule has 110 valence electrons. The smallest absolute Gasteiger partial charge is 0.260 e. The maximum absolute atomic E-state index is 12.2. The van der Waals surface area contributed by atoms with Crippen LogP contribution in [-0.4, -0.2) is 43.6 Å². The van der Waals surface area contributed by atoms with Crippen LogP contribution in [0.5, 0.6) is 5.75 Å². The number of nitrogens with one attached hydrogen (secondary N) is 1. The molecule has 0 aromatic heterocycles. The number of likely N-dealkylation sites (N-methyl/N-ethyl adjacent to an activating group) is 1. The highest BCUT2D eigenvalue weighted by Crippen LogP contribution is 2.28. The van der Waals surface area contributed by atoms with Crippen molar-refractivity contribution in [3.05, 3.63) is 28.2 Å². The summed E-state index contributed by atoms with van der Waals surface area (Å²) in [4.78, 5) is 14.1. The van der Waals surface area contributed by atoms with Crippen molar-refractivity contribution in [2.75, 3.05) is 26.7 Å². The lowest BCUT2D eigenvalue weighted by Gasteiger charge is -2.24. The normalized spacial score (nSPS) is 18.4. The minimum absolute atomic E-state index is 0.0136. The molecular weight excluding hydrogens is 299 g/mol. The van der Waals surface area contributed by atoms with E-state index >= 15 is 0 Å². The summed E-state index contributed by atoms with van der Waals surface area (Å²) in [5.74, 6) is 0.427. The molecule has 1 heterocycles. The van der Waals surface area contributed by atoms with E-state index in [1.807, 2.05) is 11.9 Å². The van der Waals surface area contributed by atoms with Gasteiger partial charge in [0.1, 0.15) is 5.75 Å². The summed E-state index contributed by atoms with van der Waals surface area (Å²) in [5.41, 5.74) is 0. The number of hydrogen-bond donors (Lipinski definition) is 1. The Morgan fingerprint density at radius 2 is 2.30 bits per heavy atom. The highest BCUT2D eigenvalue weighted by atomic mass is 35.5. The van der Waals surface area contributed by atoms with E-state index in [2.05, 4.69) is 5.32 Å². The van der Waals surface area contributed by atoms with E-state index in [-0.39, 0.29) is 18.6 Å². The van der Waals surface area contributed by atoms with Crippen LogP contribution in [0.4, 0.5) is 0 Å². The molecule has 0 radical (unpaired) electrons. The Bertz CT molecular complexity index is 482. The van der Waals surface area contributed by atoms with Crippen molar-refractivity contribution < 1.29 is 9.53 Å². The van der Waals surface area contributed by atoms with Crippen molar-refractivity contribution in [3.63, 3.8) is 0 Å². The van der Waals surface area contributed by atoms with E-state index in [0.29, 0.717) is 15.8 Å². The van der Waals surface area contributed by atoms with Crippen LogP contribution in [0.2, 0.25) is 10.0 Å². The fraction of sp³-hybridized carbons (Fsp3) is 0.500. The van der Waals surface area contributed by atoms with Crippen molar-refractivity contribution in [3.8, 4) is 5.75 Å². The molecule has 20 heavy (non-hydrogen) atoms. The van der Waals surface area contributed by atoms with Gasteiger partial charge in [-0.3, -0.25) is 4.79 Å². The number of amides is 1. The van der Waals surface area contributed by atoms with E-state index in [0.717, 1.165) is 25.9 Å². The first kappa shape index (κ1) is 15.4. The molecule has 1 atom stereocenters. The van der Waals surface area contributed by atoms with Gasteiger partial charge in [0.15, 0.2) is 6.61 Å². The number of likely N-dealkylation sites (tertiary alicyclic amines) is 1. The van der Waals surface area contributed by atoms with Gasteiger partial charge >= 0.3 is 0 Å². The Morgan fingerprint density at radius 3 is 3.05 bits per heavy atom. The quantitative estimate of drug-likeness (QED) is 0.907. The highest BCUT2D eigenvalue weighted by molar-refractivity contribution is 6.34. The molecule has 0 bridgehead atoms. The minimum Gasteiger partial charge on any atom is -0.482 e. The van der Waals surface area contributed by atoms with Crippen LogP contribution in [0.25, 0.3) is 0 Å². The minimum atomic E-state index is -0.0150. The summed E-state index contributed by atoms with van der Waals surface area (Å²) >= 11 is 11.9. The largest absolute Gasteiger partial charge is 0.482 e. The third kappa shape index (κ3) is 3.78. The van der Waals surface area contributed by atoms with Crippen LogP contribution in [0, 0.1) is 0 Å². The maximum Gasteiger partial charge on any atom is 0.260 e. The second-order valence-electron chi connectivity index (χ2n) is 4.80. The van der Waals surface area contributed by atoms with Gasteiger partial charge in [-0.25, -0.2) is 0 Å². The summed E-state index contributed by atoms with van der Waals surface area (Å²) in [6.07, 6.45) is 2.07.